The third kappa shape index (κ3) is 4.86. The Morgan fingerprint density at radius 1 is 1.05 bits per heavy atom. The minimum Gasteiger partial charge on any atom is -0.492 e. The Balaban J connectivity index is 1.84. The quantitative estimate of drug-likeness (QED) is 0.796. The molecular weight excluding hydrogens is 303 g/mol. The molecule has 0 saturated carbocycles. The highest BCUT2D eigenvalue weighted by molar-refractivity contribution is 6.30. The van der Waals surface area contributed by atoms with Crippen LogP contribution in [0.25, 0.3) is 0 Å². The van der Waals surface area contributed by atoms with Gasteiger partial charge >= 0.3 is 6.18 Å². The first kappa shape index (κ1) is 15.5. The normalized spacial score (nSPS) is 11.2. The fourth-order valence-electron chi connectivity index (χ4n) is 1.72. The van der Waals surface area contributed by atoms with Gasteiger partial charge in [-0.2, -0.15) is 13.2 Å². The first-order valence-corrected chi connectivity index (χ1v) is 6.62. The van der Waals surface area contributed by atoms with Gasteiger partial charge in [-0.25, -0.2) is 0 Å². The van der Waals surface area contributed by atoms with Gasteiger partial charge in [0.2, 0.25) is 0 Å². The van der Waals surface area contributed by atoms with E-state index >= 15 is 0 Å². The molecule has 2 aromatic carbocycles. The molecule has 0 aliphatic carbocycles. The van der Waals surface area contributed by atoms with Crippen molar-refractivity contribution < 1.29 is 17.9 Å². The van der Waals surface area contributed by atoms with Gasteiger partial charge in [-0.1, -0.05) is 23.7 Å². The highest BCUT2D eigenvalue weighted by Gasteiger charge is 2.30. The average Bonchev–Trinajstić information content (AvgIpc) is 2.43. The lowest BCUT2D eigenvalue weighted by Gasteiger charge is -2.11. The predicted molar refractivity (Wildman–Crippen MR) is 76.9 cm³/mol. The Bertz CT molecular complexity index is 601. The SMILES string of the molecule is FC(F)(F)c1cccc(OCCNc2cccc(Cl)c2)c1. The van der Waals surface area contributed by atoms with E-state index in [1.165, 1.54) is 12.1 Å². The largest absolute Gasteiger partial charge is 0.492 e. The molecule has 2 aromatic rings. The van der Waals surface area contributed by atoms with Crippen molar-refractivity contribution in [2.24, 2.45) is 0 Å². The molecular formula is C15H13ClF3NO. The van der Waals surface area contributed by atoms with Gasteiger partial charge in [0.15, 0.2) is 0 Å². The van der Waals surface area contributed by atoms with E-state index in [1.54, 1.807) is 18.2 Å². The second-order valence-electron chi connectivity index (χ2n) is 4.31. The van der Waals surface area contributed by atoms with Gasteiger partial charge in [-0.05, 0) is 36.4 Å². The van der Waals surface area contributed by atoms with Crippen LogP contribution in [-0.2, 0) is 6.18 Å². The molecule has 21 heavy (non-hydrogen) atoms. The topological polar surface area (TPSA) is 21.3 Å². The highest BCUT2D eigenvalue weighted by Crippen LogP contribution is 2.31. The van der Waals surface area contributed by atoms with E-state index in [0.29, 0.717) is 11.6 Å². The molecule has 0 saturated heterocycles. The molecule has 112 valence electrons. The van der Waals surface area contributed by atoms with Gasteiger partial charge in [-0.15, -0.1) is 0 Å². The zero-order valence-corrected chi connectivity index (χ0v) is 11.7. The molecule has 2 nitrogen and oxygen atoms in total. The Morgan fingerprint density at radius 3 is 2.52 bits per heavy atom. The summed E-state index contributed by atoms with van der Waals surface area (Å²) in [6, 6.07) is 12.0. The molecule has 0 bridgehead atoms. The molecule has 0 aliphatic heterocycles. The molecule has 2 rings (SSSR count). The average molecular weight is 316 g/mol. The van der Waals surface area contributed by atoms with E-state index in [1.807, 2.05) is 6.07 Å². The molecule has 6 heteroatoms. The van der Waals surface area contributed by atoms with Crippen molar-refractivity contribution in [2.75, 3.05) is 18.5 Å². The third-order valence-corrected chi connectivity index (χ3v) is 2.92. The molecule has 0 fully saturated rings. The van der Waals surface area contributed by atoms with Crippen LogP contribution in [0.2, 0.25) is 5.02 Å². The van der Waals surface area contributed by atoms with Crippen LogP contribution >= 0.6 is 11.6 Å². The number of rotatable bonds is 5. The van der Waals surface area contributed by atoms with E-state index in [2.05, 4.69) is 5.32 Å². The van der Waals surface area contributed by atoms with Crippen LogP contribution in [0.15, 0.2) is 48.5 Å². The Labute approximate surface area is 125 Å². The maximum atomic E-state index is 12.5. The molecule has 1 N–H and O–H groups in total. The van der Waals surface area contributed by atoms with Gasteiger partial charge < -0.3 is 10.1 Å². The van der Waals surface area contributed by atoms with Crippen molar-refractivity contribution in [3.05, 3.63) is 59.1 Å². The molecule has 0 aromatic heterocycles. The minimum absolute atomic E-state index is 0.192. The van der Waals surface area contributed by atoms with E-state index in [0.717, 1.165) is 17.8 Å². The van der Waals surface area contributed by atoms with Crippen LogP contribution in [0.5, 0.6) is 5.75 Å². The number of hydrogen-bond donors (Lipinski definition) is 1. The van der Waals surface area contributed by atoms with Gasteiger partial charge in [0, 0.05) is 17.3 Å². The minimum atomic E-state index is -4.36. The summed E-state index contributed by atoms with van der Waals surface area (Å²) >= 11 is 5.84. The third-order valence-electron chi connectivity index (χ3n) is 2.69. The maximum absolute atomic E-state index is 12.5. The maximum Gasteiger partial charge on any atom is 0.416 e. The Morgan fingerprint density at radius 2 is 1.81 bits per heavy atom. The van der Waals surface area contributed by atoms with E-state index in [-0.39, 0.29) is 12.4 Å². The lowest BCUT2D eigenvalue weighted by molar-refractivity contribution is -0.137. The van der Waals surface area contributed by atoms with Crippen LogP contribution in [0.3, 0.4) is 0 Å². The van der Waals surface area contributed by atoms with Crippen LogP contribution in [0, 0.1) is 0 Å². The van der Waals surface area contributed by atoms with E-state index < -0.39 is 11.7 Å². The van der Waals surface area contributed by atoms with Crippen molar-refractivity contribution in [2.45, 2.75) is 6.18 Å². The molecule has 0 radical (unpaired) electrons. The smallest absolute Gasteiger partial charge is 0.416 e. The second-order valence-corrected chi connectivity index (χ2v) is 4.75. The number of halogens is 4. The summed E-state index contributed by atoms with van der Waals surface area (Å²) in [6.45, 7) is 0.699. The lowest BCUT2D eigenvalue weighted by atomic mass is 10.2. The number of hydrogen-bond acceptors (Lipinski definition) is 2. The molecule has 0 heterocycles. The Kier molecular flexibility index (Phi) is 4.96. The summed E-state index contributed by atoms with van der Waals surface area (Å²) < 4.78 is 42.9. The number of ether oxygens (including phenoxy) is 1. The summed E-state index contributed by atoms with van der Waals surface area (Å²) in [5.41, 5.74) is 0.109. The van der Waals surface area contributed by atoms with Crippen molar-refractivity contribution >= 4 is 17.3 Å². The van der Waals surface area contributed by atoms with E-state index in [4.69, 9.17) is 16.3 Å². The summed E-state index contributed by atoms with van der Waals surface area (Å²) in [5.74, 6) is 0.192. The molecule has 0 unspecified atom stereocenters. The fourth-order valence-corrected chi connectivity index (χ4v) is 1.92. The molecule has 0 amide bonds. The summed E-state index contributed by atoms with van der Waals surface area (Å²) in [6.07, 6.45) is -4.36. The first-order chi connectivity index (χ1) is 9.95. The van der Waals surface area contributed by atoms with Crippen LogP contribution < -0.4 is 10.1 Å². The zero-order chi connectivity index (χ0) is 15.3. The number of alkyl halides is 3. The zero-order valence-electron chi connectivity index (χ0n) is 11.0. The van der Waals surface area contributed by atoms with Crippen LogP contribution in [-0.4, -0.2) is 13.2 Å². The summed E-state index contributed by atoms with van der Waals surface area (Å²) in [4.78, 5) is 0. The van der Waals surface area contributed by atoms with E-state index in [9.17, 15) is 13.2 Å². The Hall–Kier alpha value is -1.88. The molecule has 0 atom stereocenters. The predicted octanol–water partition coefficient (Wildman–Crippen LogP) is 4.85. The van der Waals surface area contributed by atoms with Gasteiger partial charge in [0.1, 0.15) is 12.4 Å². The van der Waals surface area contributed by atoms with Crippen molar-refractivity contribution in [1.82, 2.24) is 0 Å². The van der Waals surface area contributed by atoms with Gasteiger partial charge in [0.25, 0.3) is 0 Å². The van der Waals surface area contributed by atoms with Gasteiger partial charge in [0.05, 0.1) is 5.56 Å². The monoisotopic (exact) mass is 315 g/mol. The molecule has 0 aliphatic rings. The second kappa shape index (κ2) is 6.72. The van der Waals surface area contributed by atoms with Crippen molar-refractivity contribution in [3.8, 4) is 5.75 Å². The fraction of sp³-hybridized carbons (Fsp3) is 0.200. The number of anilines is 1. The van der Waals surface area contributed by atoms with Crippen molar-refractivity contribution in [3.63, 3.8) is 0 Å². The van der Waals surface area contributed by atoms with Crippen molar-refractivity contribution in [1.29, 1.82) is 0 Å². The number of benzene rings is 2. The highest BCUT2D eigenvalue weighted by atomic mass is 35.5. The molecule has 0 spiro atoms. The standard InChI is InChI=1S/C15H13ClF3NO/c16-12-4-2-5-13(10-12)20-7-8-21-14-6-1-3-11(9-14)15(17,18)19/h1-6,9-10,20H,7-8H2. The number of nitrogens with one attached hydrogen (secondary N) is 1. The van der Waals surface area contributed by atoms with Gasteiger partial charge in [-0.3, -0.25) is 0 Å². The summed E-state index contributed by atoms with van der Waals surface area (Å²) in [5, 5.41) is 3.68. The van der Waals surface area contributed by atoms with Crippen LogP contribution in [0.4, 0.5) is 18.9 Å². The first-order valence-electron chi connectivity index (χ1n) is 6.25. The van der Waals surface area contributed by atoms with Crippen LogP contribution in [0.1, 0.15) is 5.56 Å². The lowest BCUT2D eigenvalue weighted by Crippen LogP contribution is -2.12. The summed E-state index contributed by atoms with van der Waals surface area (Å²) in [7, 11) is 0.